The van der Waals surface area contributed by atoms with Crippen molar-refractivity contribution in [2.75, 3.05) is 0 Å². The standard InChI is InChI=1S/C13H16O2/c1-2-3-4-5-11-6-8-12(9-7-11)13(15)10-14/h6-10H,2-5H2,1H3. The number of Topliss-reactive ketones (excluding diaryl/α,β-unsaturated/α-hetero) is 1. The van der Waals surface area contributed by atoms with E-state index >= 15 is 0 Å². The average Bonchev–Trinajstić information content (AvgIpc) is 2.29. The Morgan fingerprint density at radius 3 is 2.40 bits per heavy atom. The van der Waals surface area contributed by atoms with E-state index in [1.807, 2.05) is 12.1 Å². The molecule has 0 heterocycles. The predicted molar refractivity (Wildman–Crippen MR) is 60.1 cm³/mol. The van der Waals surface area contributed by atoms with Crippen LogP contribution in [0.25, 0.3) is 0 Å². The smallest absolute Gasteiger partial charge is 0.225 e. The van der Waals surface area contributed by atoms with Crippen LogP contribution < -0.4 is 0 Å². The van der Waals surface area contributed by atoms with Gasteiger partial charge >= 0.3 is 0 Å². The molecule has 2 nitrogen and oxygen atoms in total. The number of hydrogen-bond donors (Lipinski definition) is 0. The van der Waals surface area contributed by atoms with Gasteiger partial charge in [0.05, 0.1) is 0 Å². The molecule has 0 saturated carbocycles. The number of hydrogen-bond acceptors (Lipinski definition) is 2. The van der Waals surface area contributed by atoms with E-state index < -0.39 is 5.78 Å². The van der Waals surface area contributed by atoms with Gasteiger partial charge in [0.15, 0.2) is 6.29 Å². The van der Waals surface area contributed by atoms with Gasteiger partial charge in [0.25, 0.3) is 0 Å². The largest absolute Gasteiger partial charge is 0.294 e. The highest BCUT2D eigenvalue weighted by molar-refractivity contribution is 6.33. The molecule has 0 spiro atoms. The number of carbonyl (C=O) groups is 2. The normalized spacial score (nSPS) is 9.93. The summed E-state index contributed by atoms with van der Waals surface area (Å²) in [6.07, 6.45) is 5.02. The van der Waals surface area contributed by atoms with Gasteiger partial charge < -0.3 is 0 Å². The lowest BCUT2D eigenvalue weighted by Gasteiger charge is -2.01. The molecule has 0 aliphatic heterocycles. The van der Waals surface area contributed by atoms with Crippen molar-refractivity contribution < 1.29 is 9.59 Å². The first-order valence-corrected chi connectivity index (χ1v) is 5.36. The summed E-state index contributed by atoms with van der Waals surface area (Å²) >= 11 is 0. The summed E-state index contributed by atoms with van der Waals surface area (Å²) in [7, 11) is 0. The molecule has 1 aromatic rings. The molecule has 0 atom stereocenters. The number of aryl methyl sites for hydroxylation is 1. The molecule has 0 aliphatic rings. The van der Waals surface area contributed by atoms with Crippen LogP contribution in [0, 0.1) is 0 Å². The Kier molecular flexibility index (Phi) is 4.75. The van der Waals surface area contributed by atoms with Crippen molar-refractivity contribution in [2.24, 2.45) is 0 Å². The van der Waals surface area contributed by atoms with Gasteiger partial charge in [-0.1, -0.05) is 44.0 Å². The Bertz CT molecular complexity index is 325. The number of ketones is 1. The predicted octanol–water partition coefficient (Wildman–Crippen LogP) is 2.80. The van der Waals surface area contributed by atoms with Crippen LogP contribution in [0.15, 0.2) is 24.3 Å². The van der Waals surface area contributed by atoms with Crippen LogP contribution in [0.5, 0.6) is 0 Å². The lowest BCUT2D eigenvalue weighted by Crippen LogP contribution is -1.99. The third-order valence-corrected chi connectivity index (χ3v) is 2.41. The Hall–Kier alpha value is -1.44. The van der Waals surface area contributed by atoms with E-state index in [0.29, 0.717) is 11.8 Å². The minimum absolute atomic E-state index is 0.353. The maximum absolute atomic E-state index is 11.0. The molecule has 0 N–H and O–H groups in total. The molecule has 0 aliphatic carbocycles. The number of rotatable bonds is 6. The topological polar surface area (TPSA) is 34.1 Å². The molecule has 0 fully saturated rings. The first-order chi connectivity index (χ1) is 7.27. The SMILES string of the molecule is CCCCCc1ccc(C(=O)C=O)cc1. The maximum Gasteiger partial charge on any atom is 0.225 e. The van der Waals surface area contributed by atoms with Gasteiger partial charge in [-0.25, -0.2) is 0 Å². The molecule has 0 unspecified atom stereocenters. The van der Waals surface area contributed by atoms with Gasteiger partial charge in [-0.3, -0.25) is 9.59 Å². The lowest BCUT2D eigenvalue weighted by molar-refractivity contribution is -0.104. The highest BCUT2D eigenvalue weighted by atomic mass is 16.2. The molecule has 0 radical (unpaired) electrons. The Labute approximate surface area is 90.3 Å². The fourth-order valence-corrected chi connectivity index (χ4v) is 1.48. The second-order valence-corrected chi connectivity index (χ2v) is 3.64. The molecule has 0 aromatic heterocycles. The van der Waals surface area contributed by atoms with Gasteiger partial charge in [0, 0.05) is 5.56 Å². The van der Waals surface area contributed by atoms with Crippen molar-refractivity contribution in [3.05, 3.63) is 35.4 Å². The van der Waals surface area contributed by atoms with Crippen LogP contribution in [-0.4, -0.2) is 12.1 Å². The molecule has 0 amide bonds. The van der Waals surface area contributed by atoms with Crippen LogP contribution in [0.2, 0.25) is 0 Å². The monoisotopic (exact) mass is 204 g/mol. The van der Waals surface area contributed by atoms with E-state index in [-0.39, 0.29) is 0 Å². The van der Waals surface area contributed by atoms with E-state index in [0.717, 1.165) is 6.42 Å². The van der Waals surface area contributed by atoms with E-state index in [2.05, 4.69) is 6.92 Å². The fraction of sp³-hybridized carbons (Fsp3) is 0.385. The third kappa shape index (κ3) is 3.66. The Balaban J connectivity index is 2.56. The van der Waals surface area contributed by atoms with E-state index in [1.165, 1.54) is 24.8 Å². The molecule has 0 bridgehead atoms. The maximum atomic E-state index is 11.0. The summed E-state index contributed by atoms with van der Waals surface area (Å²) in [5, 5.41) is 0. The fourth-order valence-electron chi connectivity index (χ4n) is 1.48. The van der Waals surface area contributed by atoms with Gasteiger partial charge in [-0.05, 0) is 18.4 Å². The summed E-state index contributed by atoms with van der Waals surface area (Å²) in [6.45, 7) is 2.17. The summed E-state index contributed by atoms with van der Waals surface area (Å²) in [5.74, 6) is -0.449. The zero-order valence-electron chi connectivity index (χ0n) is 9.03. The van der Waals surface area contributed by atoms with Crippen molar-refractivity contribution in [3.8, 4) is 0 Å². The number of aldehydes is 1. The zero-order valence-corrected chi connectivity index (χ0v) is 9.03. The molecule has 0 saturated heterocycles. The molecule has 80 valence electrons. The molecule has 1 rings (SSSR count). The van der Waals surface area contributed by atoms with Crippen molar-refractivity contribution in [1.29, 1.82) is 0 Å². The van der Waals surface area contributed by atoms with Gasteiger partial charge in [-0.15, -0.1) is 0 Å². The van der Waals surface area contributed by atoms with Crippen molar-refractivity contribution in [1.82, 2.24) is 0 Å². The number of benzene rings is 1. The van der Waals surface area contributed by atoms with Gasteiger partial charge in [0.2, 0.25) is 5.78 Å². The van der Waals surface area contributed by atoms with Crippen LogP contribution in [0.4, 0.5) is 0 Å². The first-order valence-electron chi connectivity index (χ1n) is 5.36. The molecule has 2 heteroatoms. The molecular formula is C13H16O2. The van der Waals surface area contributed by atoms with Crippen molar-refractivity contribution in [2.45, 2.75) is 32.6 Å². The lowest BCUT2D eigenvalue weighted by atomic mass is 10.0. The number of unbranched alkanes of at least 4 members (excludes halogenated alkanes) is 2. The van der Waals surface area contributed by atoms with Gasteiger partial charge in [-0.2, -0.15) is 0 Å². The average molecular weight is 204 g/mol. The number of carbonyl (C=O) groups excluding carboxylic acids is 2. The quantitative estimate of drug-likeness (QED) is 0.309. The zero-order chi connectivity index (χ0) is 11.1. The first kappa shape index (κ1) is 11.6. The second-order valence-electron chi connectivity index (χ2n) is 3.64. The molecule has 1 aromatic carbocycles. The van der Waals surface area contributed by atoms with Gasteiger partial charge in [0.1, 0.15) is 0 Å². The third-order valence-electron chi connectivity index (χ3n) is 2.41. The van der Waals surface area contributed by atoms with Crippen LogP contribution in [-0.2, 0) is 11.2 Å². The summed E-state index contributed by atoms with van der Waals surface area (Å²) in [4.78, 5) is 21.3. The minimum atomic E-state index is -0.449. The van der Waals surface area contributed by atoms with Crippen LogP contribution >= 0.6 is 0 Å². The summed E-state index contributed by atoms with van der Waals surface area (Å²) in [5.41, 5.74) is 1.70. The van der Waals surface area contributed by atoms with Crippen LogP contribution in [0.3, 0.4) is 0 Å². The van der Waals surface area contributed by atoms with E-state index in [1.54, 1.807) is 12.1 Å². The van der Waals surface area contributed by atoms with Crippen LogP contribution in [0.1, 0.15) is 42.1 Å². The summed E-state index contributed by atoms with van der Waals surface area (Å²) in [6, 6.07) is 7.29. The second kappa shape index (κ2) is 6.12. The Morgan fingerprint density at radius 2 is 1.87 bits per heavy atom. The van der Waals surface area contributed by atoms with E-state index in [4.69, 9.17) is 0 Å². The van der Waals surface area contributed by atoms with Crippen molar-refractivity contribution >= 4 is 12.1 Å². The Morgan fingerprint density at radius 1 is 1.20 bits per heavy atom. The van der Waals surface area contributed by atoms with Crippen molar-refractivity contribution in [3.63, 3.8) is 0 Å². The highest BCUT2D eigenvalue weighted by Crippen LogP contribution is 2.08. The minimum Gasteiger partial charge on any atom is -0.294 e. The molecule has 15 heavy (non-hydrogen) atoms. The highest BCUT2D eigenvalue weighted by Gasteiger charge is 2.02. The summed E-state index contributed by atoms with van der Waals surface area (Å²) < 4.78 is 0. The molecular weight excluding hydrogens is 188 g/mol. The van der Waals surface area contributed by atoms with E-state index in [9.17, 15) is 9.59 Å².